The van der Waals surface area contributed by atoms with E-state index in [2.05, 4.69) is 4.72 Å². The highest BCUT2D eigenvalue weighted by Gasteiger charge is 2.26. The Kier molecular flexibility index (Phi) is 4.07. The molecular weight excluding hydrogens is 271 g/mol. The van der Waals surface area contributed by atoms with Gasteiger partial charge in [-0.3, -0.25) is 0 Å². The van der Waals surface area contributed by atoms with E-state index in [1.54, 1.807) is 0 Å². The lowest BCUT2D eigenvalue weighted by Crippen LogP contribution is -2.41. The minimum absolute atomic E-state index is 0.00212. The van der Waals surface area contributed by atoms with E-state index < -0.39 is 15.8 Å². The van der Waals surface area contributed by atoms with Gasteiger partial charge in [0, 0.05) is 18.3 Å². The molecule has 0 aromatic heterocycles. The summed E-state index contributed by atoms with van der Waals surface area (Å²) in [6.45, 7) is 2.38. The molecule has 2 atom stereocenters. The first kappa shape index (κ1) is 14.2. The Morgan fingerprint density at radius 2 is 2.21 bits per heavy atom. The lowest BCUT2D eigenvalue weighted by molar-refractivity contribution is 0.0173. The molecule has 2 rings (SSSR count). The Hall–Kier alpha value is -1.18. The monoisotopic (exact) mass is 288 g/mol. The van der Waals surface area contributed by atoms with Crippen LogP contribution in [0.4, 0.5) is 10.1 Å². The number of hydrogen-bond acceptors (Lipinski definition) is 4. The second-order valence-electron chi connectivity index (χ2n) is 4.71. The third-order valence-electron chi connectivity index (χ3n) is 3.05. The average Bonchev–Trinajstić information content (AvgIpc) is 2.27. The van der Waals surface area contributed by atoms with Crippen molar-refractivity contribution in [2.45, 2.75) is 36.8 Å². The fourth-order valence-corrected chi connectivity index (χ4v) is 3.47. The van der Waals surface area contributed by atoms with Gasteiger partial charge in [0.15, 0.2) is 0 Å². The van der Waals surface area contributed by atoms with Crippen molar-refractivity contribution in [3.63, 3.8) is 0 Å². The number of benzene rings is 1. The van der Waals surface area contributed by atoms with Gasteiger partial charge in [-0.1, -0.05) is 0 Å². The maximum atomic E-state index is 13.7. The molecule has 106 valence electrons. The smallest absolute Gasteiger partial charge is 0.243 e. The molecule has 1 aliphatic rings. The van der Waals surface area contributed by atoms with Crippen LogP contribution in [0.1, 0.15) is 19.8 Å². The summed E-state index contributed by atoms with van der Waals surface area (Å²) in [6.07, 6.45) is 1.16. The number of nitrogen functional groups attached to an aromatic ring is 1. The second kappa shape index (κ2) is 5.44. The minimum Gasteiger partial charge on any atom is -0.399 e. The van der Waals surface area contributed by atoms with Crippen molar-refractivity contribution in [3.8, 4) is 0 Å². The van der Waals surface area contributed by atoms with Gasteiger partial charge in [-0.25, -0.2) is 17.5 Å². The molecule has 0 amide bonds. The number of anilines is 1. The van der Waals surface area contributed by atoms with Crippen molar-refractivity contribution < 1.29 is 17.5 Å². The predicted octanol–water partition coefficient (Wildman–Crippen LogP) is 1.25. The molecule has 0 saturated carbocycles. The van der Waals surface area contributed by atoms with Crippen LogP contribution < -0.4 is 10.5 Å². The van der Waals surface area contributed by atoms with E-state index >= 15 is 0 Å². The molecule has 5 nitrogen and oxygen atoms in total. The number of sulfonamides is 1. The van der Waals surface area contributed by atoms with Gasteiger partial charge in [0.1, 0.15) is 10.7 Å². The molecule has 1 aliphatic heterocycles. The first-order valence-electron chi connectivity index (χ1n) is 6.07. The molecule has 0 radical (unpaired) electrons. The molecule has 3 N–H and O–H groups in total. The highest BCUT2D eigenvalue weighted by molar-refractivity contribution is 7.89. The van der Waals surface area contributed by atoms with Crippen molar-refractivity contribution in [3.05, 3.63) is 24.0 Å². The minimum atomic E-state index is -3.87. The van der Waals surface area contributed by atoms with Crippen molar-refractivity contribution in [2.75, 3.05) is 12.3 Å². The third kappa shape index (κ3) is 3.43. The SMILES string of the molecule is CC1CC(NS(=O)(=O)c2ccc(N)cc2F)CCO1. The summed E-state index contributed by atoms with van der Waals surface area (Å²) in [6, 6.07) is 3.31. The quantitative estimate of drug-likeness (QED) is 0.820. The molecule has 1 aromatic rings. The van der Waals surface area contributed by atoms with Crippen LogP contribution in [0.25, 0.3) is 0 Å². The summed E-state index contributed by atoms with van der Waals surface area (Å²) < 4.78 is 45.7. The fourth-order valence-electron chi connectivity index (χ4n) is 2.12. The number of nitrogens with two attached hydrogens (primary N) is 1. The van der Waals surface area contributed by atoms with Crippen LogP contribution in [0, 0.1) is 5.82 Å². The average molecular weight is 288 g/mol. The summed E-state index contributed by atoms with van der Waals surface area (Å²) >= 11 is 0. The largest absolute Gasteiger partial charge is 0.399 e. The number of rotatable bonds is 3. The van der Waals surface area contributed by atoms with Crippen molar-refractivity contribution in [2.24, 2.45) is 0 Å². The van der Waals surface area contributed by atoms with Gasteiger partial charge in [0.05, 0.1) is 6.10 Å². The molecular formula is C12H17FN2O3S. The van der Waals surface area contributed by atoms with Crippen LogP contribution >= 0.6 is 0 Å². The summed E-state index contributed by atoms with van der Waals surface area (Å²) in [5, 5.41) is 0. The highest BCUT2D eigenvalue weighted by Crippen LogP contribution is 2.20. The Bertz CT molecular complexity index is 562. The van der Waals surface area contributed by atoms with Crippen molar-refractivity contribution in [1.82, 2.24) is 4.72 Å². The van der Waals surface area contributed by atoms with E-state index in [1.807, 2.05) is 6.92 Å². The third-order valence-corrected chi connectivity index (χ3v) is 4.61. The van der Waals surface area contributed by atoms with Gasteiger partial charge in [-0.15, -0.1) is 0 Å². The van der Waals surface area contributed by atoms with Crippen molar-refractivity contribution >= 4 is 15.7 Å². The molecule has 1 fully saturated rings. The number of hydrogen-bond donors (Lipinski definition) is 2. The van der Waals surface area contributed by atoms with Crippen LogP contribution in [0.15, 0.2) is 23.1 Å². The van der Waals surface area contributed by atoms with Gasteiger partial charge >= 0.3 is 0 Å². The van der Waals surface area contributed by atoms with Gasteiger partial charge in [0.2, 0.25) is 10.0 Å². The molecule has 0 spiro atoms. The van der Waals surface area contributed by atoms with Crippen molar-refractivity contribution in [1.29, 1.82) is 0 Å². The molecule has 0 aliphatic carbocycles. The van der Waals surface area contributed by atoms with E-state index in [1.165, 1.54) is 12.1 Å². The maximum Gasteiger partial charge on any atom is 0.243 e. The van der Waals surface area contributed by atoms with Gasteiger partial charge in [0.25, 0.3) is 0 Å². The standard InChI is InChI=1S/C12H17FN2O3S/c1-8-6-10(4-5-18-8)15-19(16,17)12-3-2-9(14)7-11(12)13/h2-3,7-8,10,15H,4-6,14H2,1H3. The predicted molar refractivity (Wildman–Crippen MR) is 69.6 cm³/mol. The number of ether oxygens (including phenoxy) is 1. The van der Waals surface area contributed by atoms with Crippen LogP contribution in [0.5, 0.6) is 0 Å². The topological polar surface area (TPSA) is 81.4 Å². The maximum absolute atomic E-state index is 13.7. The van der Waals surface area contributed by atoms with Gasteiger partial charge in [-0.2, -0.15) is 0 Å². The Balaban J connectivity index is 2.18. The lowest BCUT2D eigenvalue weighted by Gasteiger charge is -2.27. The molecule has 0 bridgehead atoms. The van der Waals surface area contributed by atoms with E-state index in [9.17, 15) is 12.8 Å². The Morgan fingerprint density at radius 3 is 2.84 bits per heavy atom. The van der Waals surface area contributed by atoms with Crippen LogP contribution in [0.3, 0.4) is 0 Å². The highest BCUT2D eigenvalue weighted by atomic mass is 32.2. The van der Waals surface area contributed by atoms with E-state index in [0.29, 0.717) is 19.4 Å². The zero-order chi connectivity index (χ0) is 14.0. The summed E-state index contributed by atoms with van der Waals surface area (Å²) in [5.41, 5.74) is 5.59. The molecule has 19 heavy (non-hydrogen) atoms. The second-order valence-corrected chi connectivity index (χ2v) is 6.40. The molecule has 2 unspecified atom stereocenters. The number of nitrogens with one attached hydrogen (secondary N) is 1. The van der Waals surface area contributed by atoms with Crippen LogP contribution in [-0.4, -0.2) is 27.2 Å². The van der Waals surface area contributed by atoms with Crippen LogP contribution in [-0.2, 0) is 14.8 Å². The lowest BCUT2D eigenvalue weighted by atomic mass is 10.1. The Morgan fingerprint density at radius 1 is 1.47 bits per heavy atom. The van der Waals surface area contributed by atoms with Gasteiger partial charge < -0.3 is 10.5 Å². The number of halogens is 1. The Labute approximate surface area is 112 Å². The fraction of sp³-hybridized carbons (Fsp3) is 0.500. The first-order valence-corrected chi connectivity index (χ1v) is 7.56. The van der Waals surface area contributed by atoms with E-state index in [-0.39, 0.29) is 22.7 Å². The normalized spacial score (nSPS) is 24.3. The molecule has 1 saturated heterocycles. The summed E-state index contributed by atoms with van der Waals surface area (Å²) in [4.78, 5) is -0.374. The summed E-state index contributed by atoms with van der Waals surface area (Å²) in [5.74, 6) is -0.840. The van der Waals surface area contributed by atoms with E-state index in [0.717, 1.165) is 6.07 Å². The molecule has 1 aromatic carbocycles. The first-order chi connectivity index (χ1) is 8.88. The summed E-state index contributed by atoms with van der Waals surface area (Å²) in [7, 11) is -3.87. The van der Waals surface area contributed by atoms with Crippen LogP contribution in [0.2, 0.25) is 0 Å². The zero-order valence-electron chi connectivity index (χ0n) is 10.6. The van der Waals surface area contributed by atoms with Gasteiger partial charge in [-0.05, 0) is 38.0 Å². The zero-order valence-corrected chi connectivity index (χ0v) is 11.4. The van der Waals surface area contributed by atoms with E-state index in [4.69, 9.17) is 10.5 Å². The molecule has 1 heterocycles. The molecule has 7 heteroatoms.